The highest BCUT2D eigenvalue weighted by Crippen LogP contribution is 2.33. The molecule has 2 aromatic rings. The summed E-state index contributed by atoms with van der Waals surface area (Å²) in [5.74, 6) is 1.16. The van der Waals surface area contributed by atoms with E-state index in [-0.39, 0.29) is 0 Å². The van der Waals surface area contributed by atoms with Crippen molar-refractivity contribution in [3.8, 4) is 0 Å². The molecule has 4 heteroatoms. The Morgan fingerprint density at radius 1 is 1.35 bits per heavy atom. The van der Waals surface area contributed by atoms with Gasteiger partial charge in [0.1, 0.15) is 5.84 Å². The van der Waals surface area contributed by atoms with Gasteiger partial charge in [0, 0.05) is 25.2 Å². The van der Waals surface area contributed by atoms with Crippen molar-refractivity contribution in [3.63, 3.8) is 0 Å². The number of aromatic amines is 1. The molecule has 0 saturated carbocycles. The lowest BCUT2D eigenvalue weighted by Gasteiger charge is -2.28. The van der Waals surface area contributed by atoms with Crippen molar-refractivity contribution in [1.82, 2.24) is 15.1 Å². The van der Waals surface area contributed by atoms with Crippen LogP contribution in [0.5, 0.6) is 0 Å². The zero-order valence-electron chi connectivity index (χ0n) is 12.0. The molecule has 0 aliphatic carbocycles. The van der Waals surface area contributed by atoms with E-state index in [1.165, 1.54) is 11.1 Å². The van der Waals surface area contributed by atoms with E-state index in [1.54, 1.807) is 0 Å². The molecule has 1 aromatic heterocycles. The van der Waals surface area contributed by atoms with Crippen LogP contribution < -0.4 is 0 Å². The van der Waals surface area contributed by atoms with E-state index in [2.05, 4.69) is 53.3 Å². The lowest BCUT2D eigenvalue weighted by Crippen LogP contribution is -2.31. The third kappa shape index (κ3) is 2.33. The number of hydrogen-bond donors (Lipinski definition) is 1. The number of hydrogen-bond acceptors (Lipinski definition) is 3. The number of para-hydroxylation sites is 1. The smallest absolute Gasteiger partial charge is 0.105 e. The van der Waals surface area contributed by atoms with E-state index in [0.717, 1.165) is 30.8 Å². The summed E-state index contributed by atoms with van der Waals surface area (Å²) in [5.41, 5.74) is 3.62. The van der Waals surface area contributed by atoms with Crippen LogP contribution in [0, 0.1) is 0 Å². The van der Waals surface area contributed by atoms with Crippen LogP contribution in [0.15, 0.2) is 41.7 Å². The standard InChI is InChI=1S/C16H20N4/c1-3-6-16-19-14-8-5-4-7-12(14)9-15(20(16)2)13-10-17-18-11-13/h4-5,7-8,10-11,15H,3,6,9H2,1-2H3,(H,17,18). The van der Waals surface area contributed by atoms with E-state index >= 15 is 0 Å². The Morgan fingerprint density at radius 3 is 2.95 bits per heavy atom. The molecule has 1 N–H and O–H groups in total. The van der Waals surface area contributed by atoms with Gasteiger partial charge >= 0.3 is 0 Å². The maximum Gasteiger partial charge on any atom is 0.105 e. The van der Waals surface area contributed by atoms with Crippen LogP contribution in [0.25, 0.3) is 0 Å². The minimum absolute atomic E-state index is 0.294. The monoisotopic (exact) mass is 268 g/mol. The number of nitrogens with zero attached hydrogens (tertiary/aromatic N) is 3. The van der Waals surface area contributed by atoms with Crippen LogP contribution in [0.2, 0.25) is 0 Å². The van der Waals surface area contributed by atoms with Crippen LogP contribution in [-0.2, 0) is 6.42 Å². The number of aliphatic imine (C=N–C) groups is 1. The lowest BCUT2D eigenvalue weighted by atomic mass is 9.99. The molecule has 0 radical (unpaired) electrons. The van der Waals surface area contributed by atoms with Crippen molar-refractivity contribution >= 4 is 11.5 Å². The molecule has 1 aromatic carbocycles. The number of nitrogens with one attached hydrogen (secondary N) is 1. The fraction of sp³-hybridized carbons (Fsp3) is 0.375. The normalized spacial score (nSPS) is 18.4. The maximum absolute atomic E-state index is 4.88. The quantitative estimate of drug-likeness (QED) is 0.926. The Balaban J connectivity index is 2.05. The van der Waals surface area contributed by atoms with Crippen molar-refractivity contribution in [3.05, 3.63) is 47.8 Å². The van der Waals surface area contributed by atoms with Gasteiger partial charge in [0.2, 0.25) is 0 Å². The zero-order chi connectivity index (χ0) is 13.9. The molecule has 1 atom stereocenters. The van der Waals surface area contributed by atoms with Crippen molar-refractivity contribution in [2.45, 2.75) is 32.2 Å². The maximum atomic E-state index is 4.88. The zero-order valence-corrected chi connectivity index (χ0v) is 12.0. The topological polar surface area (TPSA) is 44.3 Å². The molecule has 0 fully saturated rings. The summed E-state index contributed by atoms with van der Waals surface area (Å²) in [4.78, 5) is 7.18. The van der Waals surface area contributed by atoms with Gasteiger partial charge in [0.25, 0.3) is 0 Å². The number of benzene rings is 1. The summed E-state index contributed by atoms with van der Waals surface area (Å²) in [6, 6.07) is 8.73. The lowest BCUT2D eigenvalue weighted by molar-refractivity contribution is 0.369. The molecule has 4 nitrogen and oxygen atoms in total. The highest BCUT2D eigenvalue weighted by atomic mass is 15.2. The summed E-state index contributed by atoms with van der Waals surface area (Å²) < 4.78 is 0. The van der Waals surface area contributed by atoms with E-state index in [4.69, 9.17) is 4.99 Å². The molecule has 2 heterocycles. The Labute approximate surface area is 119 Å². The highest BCUT2D eigenvalue weighted by molar-refractivity contribution is 5.86. The number of likely N-dealkylation sites (N-methyl/N-ethyl adjacent to an activating group) is 1. The SMILES string of the molecule is CCCC1=Nc2ccccc2CC(c2cn[nH]c2)N1C. The summed E-state index contributed by atoms with van der Waals surface area (Å²) in [7, 11) is 2.14. The van der Waals surface area contributed by atoms with E-state index < -0.39 is 0 Å². The predicted molar refractivity (Wildman–Crippen MR) is 81.2 cm³/mol. The van der Waals surface area contributed by atoms with Crippen LogP contribution in [0.4, 0.5) is 5.69 Å². The van der Waals surface area contributed by atoms with Gasteiger partial charge in [-0.2, -0.15) is 5.10 Å². The first kappa shape index (κ1) is 12.9. The molecule has 0 spiro atoms. The molecule has 3 rings (SSSR count). The first-order chi connectivity index (χ1) is 9.79. The Bertz CT molecular complexity index is 601. The second-order valence-electron chi connectivity index (χ2n) is 5.27. The average molecular weight is 268 g/mol. The van der Waals surface area contributed by atoms with Crippen molar-refractivity contribution in [2.75, 3.05) is 7.05 Å². The van der Waals surface area contributed by atoms with E-state index in [9.17, 15) is 0 Å². The van der Waals surface area contributed by atoms with Gasteiger partial charge in [-0.3, -0.25) is 5.10 Å². The van der Waals surface area contributed by atoms with Gasteiger partial charge in [0.05, 0.1) is 17.9 Å². The number of amidine groups is 1. The van der Waals surface area contributed by atoms with Crippen molar-refractivity contribution in [1.29, 1.82) is 0 Å². The second-order valence-corrected chi connectivity index (χ2v) is 5.27. The van der Waals surface area contributed by atoms with Gasteiger partial charge in [-0.25, -0.2) is 4.99 Å². The average Bonchev–Trinajstić information content (AvgIpc) is 2.94. The number of rotatable bonds is 3. The first-order valence-electron chi connectivity index (χ1n) is 7.16. The molecule has 1 unspecified atom stereocenters. The van der Waals surface area contributed by atoms with Gasteiger partial charge in [-0.05, 0) is 24.5 Å². The molecular weight excluding hydrogens is 248 g/mol. The third-order valence-electron chi connectivity index (χ3n) is 3.91. The minimum Gasteiger partial charge on any atom is -0.356 e. The molecule has 0 bridgehead atoms. The Morgan fingerprint density at radius 2 is 2.20 bits per heavy atom. The fourth-order valence-electron chi connectivity index (χ4n) is 2.78. The Kier molecular flexibility index (Phi) is 3.54. The van der Waals surface area contributed by atoms with Crippen LogP contribution in [-0.4, -0.2) is 28.0 Å². The molecule has 104 valence electrons. The number of H-pyrrole nitrogens is 1. The summed E-state index contributed by atoms with van der Waals surface area (Å²) in [6.07, 6.45) is 6.96. The Hall–Kier alpha value is -2.10. The van der Waals surface area contributed by atoms with Gasteiger partial charge in [0.15, 0.2) is 0 Å². The van der Waals surface area contributed by atoms with Crippen LogP contribution >= 0.6 is 0 Å². The highest BCUT2D eigenvalue weighted by Gasteiger charge is 2.25. The third-order valence-corrected chi connectivity index (χ3v) is 3.91. The molecular formula is C16H20N4. The summed E-state index contributed by atoms with van der Waals surface area (Å²) in [5, 5.41) is 7.02. The molecule has 20 heavy (non-hydrogen) atoms. The van der Waals surface area contributed by atoms with Gasteiger partial charge in [-0.1, -0.05) is 25.1 Å². The fourth-order valence-corrected chi connectivity index (χ4v) is 2.78. The summed E-state index contributed by atoms with van der Waals surface area (Å²) >= 11 is 0. The number of fused-ring (bicyclic) bond motifs is 1. The van der Waals surface area contributed by atoms with E-state index in [1.807, 2.05) is 12.4 Å². The molecule has 1 aliphatic heterocycles. The van der Waals surface area contributed by atoms with Crippen molar-refractivity contribution in [2.24, 2.45) is 4.99 Å². The van der Waals surface area contributed by atoms with E-state index in [0.29, 0.717) is 6.04 Å². The largest absolute Gasteiger partial charge is 0.356 e. The summed E-state index contributed by atoms with van der Waals surface area (Å²) in [6.45, 7) is 2.19. The van der Waals surface area contributed by atoms with Crippen LogP contribution in [0.3, 0.4) is 0 Å². The van der Waals surface area contributed by atoms with Gasteiger partial charge < -0.3 is 4.90 Å². The first-order valence-corrected chi connectivity index (χ1v) is 7.16. The molecule has 0 saturated heterocycles. The van der Waals surface area contributed by atoms with Crippen molar-refractivity contribution < 1.29 is 0 Å². The second kappa shape index (κ2) is 5.49. The predicted octanol–water partition coefficient (Wildman–Crippen LogP) is 3.47. The van der Waals surface area contributed by atoms with Crippen LogP contribution in [0.1, 0.15) is 36.9 Å². The molecule has 0 amide bonds. The van der Waals surface area contributed by atoms with Gasteiger partial charge in [-0.15, -0.1) is 0 Å². The number of aromatic nitrogens is 2. The molecule has 1 aliphatic rings. The minimum atomic E-state index is 0.294.